The maximum Gasteiger partial charge on any atom is 0.352 e. The zero-order valence-electron chi connectivity index (χ0n) is 8.76. The first-order valence-electron chi connectivity index (χ1n) is 4.97. The lowest BCUT2D eigenvalue weighted by atomic mass is 10.1. The Morgan fingerprint density at radius 1 is 1.35 bits per heavy atom. The summed E-state index contributed by atoms with van der Waals surface area (Å²) >= 11 is 11.8. The fourth-order valence-electron chi connectivity index (χ4n) is 1.83. The van der Waals surface area contributed by atoms with Crippen molar-refractivity contribution in [1.82, 2.24) is 4.98 Å². The van der Waals surface area contributed by atoms with E-state index in [1.165, 1.54) is 0 Å². The van der Waals surface area contributed by atoms with Crippen LogP contribution in [0.25, 0.3) is 10.9 Å². The van der Waals surface area contributed by atoms with Gasteiger partial charge in [-0.2, -0.15) is 0 Å². The summed E-state index contributed by atoms with van der Waals surface area (Å²) in [7, 11) is 0. The highest BCUT2D eigenvalue weighted by Gasteiger charge is 2.17. The number of nitrogens with one attached hydrogen (secondary N) is 1. The Bertz CT molecular complexity index is 593. The first-order chi connectivity index (χ1) is 8.04. The van der Waals surface area contributed by atoms with Crippen molar-refractivity contribution in [3.8, 4) is 0 Å². The molecular formula is C11H10Cl2N2O2. The molecule has 0 fully saturated rings. The molecule has 1 aromatic heterocycles. The van der Waals surface area contributed by atoms with Gasteiger partial charge in [0, 0.05) is 10.9 Å². The number of aromatic carboxylic acids is 1. The number of fused-ring (bicyclic) bond motifs is 1. The number of nitrogens with two attached hydrogens (primary N) is 1. The van der Waals surface area contributed by atoms with Gasteiger partial charge in [0.2, 0.25) is 0 Å². The number of carboxylic acids is 1. The second kappa shape index (κ2) is 4.56. The van der Waals surface area contributed by atoms with Gasteiger partial charge in [0.15, 0.2) is 0 Å². The summed E-state index contributed by atoms with van der Waals surface area (Å²) in [6.07, 6.45) is 0.472. The van der Waals surface area contributed by atoms with Gasteiger partial charge in [0.05, 0.1) is 10.0 Å². The Morgan fingerprint density at radius 2 is 2.00 bits per heavy atom. The first-order valence-corrected chi connectivity index (χ1v) is 5.73. The summed E-state index contributed by atoms with van der Waals surface area (Å²) in [5.41, 5.74) is 6.94. The maximum atomic E-state index is 11.1. The van der Waals surface area contributed by atoms with Crippen LogP contribution in [-0.4, -0.2) is 22.6 Å². The van der Waals surface area contributed by atoms with E-state index in [4.69, 9.17) is 34.0 Å². The van der Waals surface area contributed by atoms with E-state index in [1.54, 1.807) is 12.1 Å². The molecule has 0 spiro atoms. The molecular weight excluding hydrogens is 263 g/mol. The molecule has 4 nitrogen and oxygen atoms in total. The average Bonchev–Trinajstić information content (AvgIpc) is 2.59. The smallest absolute Gasteiger partial charge is 0.352 e. The Hall–Kier alpha value is -1.23. The molecule has 0 aliphatic rings. The maximum absolute atomic E-state index is 11.1. The highest BCUT2D eigenvalue weighted by molar-refractivity contribution is 6.42. The van der Waals surface area contributed by atoms with Gasteiger partial charge in [-0.05, 0) is 30.7 Å². The number of benzene rings is 1. The average molecular weight is 273 g/mol. The normalized spacial score (nSPS) is 11.0. The predicted octanol–water partition coefficient (Wildman–Crippen LogP) is 2.67. The first kappa shape index (κ1) is 12.2. The Kier molecular flexibility index (Phi) is 3.28. The van der Waals surface area contributed by atoms with E-state index in [0.717, 1.165) is 5.39 Å². The van der Waals surface area contributed by atoms with Crippen molar-refractivity contribution in [2.45, 2.75) is 6.42 Å². The number of hydrogen-bond donors (Lipinski definition) is 3. The molecule has 0 aliphatic heterocycles. The monoisotopic (exact) mass is 272 g/mol. The second-order valence-corrected chi connectivity index (χ2v) is 4.45. The summed E-state index contributed by atoms with van der Waals surface area (Å²) in [5.74, 6) is -1.02. The minimum absolute atomic E-state index is 0.142. The van der Waals surface area contributed by atoms with Crippen LogP contribution in [0, 0.1) is 0 Å². The lowest BCUT2D eigenvalue weighted by molar-refractivity contribution is 0.0690. The zero-order valence-corrected chi connectivity index (χ0v) is 10.3. The van der Waals surface area contributed by atoms with Gasteiger partial charge in [-0.25, -0.2) is 4.79 Å². The van der Waals surface area contributed by atoms with Crippen molar-refractivity contribution < 1.29 is 9.90 Å². The van der Waals surface area contributed by atoms with Crippen molar-refractivity contribution in [3.63, 3.8) is 0 Å². The number of carbonyl (C=O) groups is 1. The quantitative estimate of drug-likeness (QED) is 0.804. The lowest BCUT2D eigenvalue weighted by Gasteiger charge is -2.00. The van der Waals surface area contributed by atoms with Crippen molar-refractivity contribution in [3.05, 3.63) is 33.4 Å². The highest BCUT2D eigenvalue weighted by Crippen LogP contribution is 2.31. The fourth-order valence-corrected chi connectivity index (χ4v) is 2.16. The molecule has 0 aliphatic carbocycles. The molecule has 0 bridgehead atoms. The topological polar surface area (TPSA) is 79.1 Å². The van der Waals surface area contributed by atoms with Gasteiger partial charge in [-0.3, -0.25) is 0 Å². The van der Waals surface area contributed by atoms with Crippen LogP contribution in [0.1, 0.15) is 16.1 Å². The molecule has 0 saturated carbocycles. The molecule has 0 unspecified atom stereocenters. The summed E-state index contributed by atoms with van der Waals surface area (Å²) in [6, 6.07) is 3.28. The molecule has 0 radical (unpaired) electrons. The highest BCUT2D eigenvalue weighted by atomic mass is 35.5. The van der Waals surface area contributed by atoms with Crippen LogP contribution in [0.5, 0.6) is 0 Å². The van der Waals surface area contributed by atoms with Crippen LogP contribution < -0.4 is 5.73 Å². The molecule has 90 valence electrons. The van der Waals surface area contributed by atoms with E-state index < -0.39 is 5.97 Å². The van der Waals surface area contributed by atoms with E-state index >= 15 is 0 Å². The number of aromatic amines is 1. The van der Waals surface area contributed by atoms with Gasteiger partial charge >= 0.3 is 5.97 Å². The van der Waals surface area contributed by atoms with E-state index in [2.05, 4.69) is 4.98 Å². The molecule has 2 aromatic rings. The number of carboxylic acid groups (broad SMARTS) is 1. The van der Waals surface area contributed by atoms with Crippen molar-refractivity contribution >= 4 is 40.1 Å². The summed E-state index contributed by atoms with van der Waals surface area (Å²) in [6.45, 7) is 0.369. The van der Waals surface area contributed by atoms with Crippen molar-refractivity contribution in [1.29, 1.82) is 0 Å². The van der Waals surface area contributed by atoms with E-state index in [9.17, 15) is 4.79 Å². The number of halogens is 2. The Labute approximate surface area is 107 Å². The molecule has 17 heavy (non-hydrogen) atoms. The van der Waals surface area contributed by atoms with E-state index in [-0.39, 0.29) is 5.69 Å². The van der Waals surface area contributed by atoms with Crippen LogP contribution in [0.15, 0.2) is 12.1 Å². The Balaban J connectivity index is 2.75. The molecule has 6 heteroatoms. The third-order valence-corrected chi connectivity index (χ3v) is 3.28. The molecule has 4 N–H and O–H groups in total. The zero-order chi connectivity index (χ0) is 12.6. The standard InChI is InChI=1S/C11H10Cl2N2O2/c12-7-3-6-5(1-2-14)10(11(16)17)15-9(6)4-8(7)13/h3-4,15H,1-2,14H2,(H,16,17). The van der Waals surface area contributed by atoms with Gasteiger partial charge in [-0.15, -0.1) is 0 Å². The van der Waals surface area contributed by atoms with Gasteiger partial charge in [0.25, 0.3) is 0 Å². The second-order valence-electron chi connectivity index (χ2n) is 3.63. The number of hydrogen-bond acceptors (Lipinski definition) is 2. The molecule has 0 saturated heterocycles. The van der Waals surface area contributed by atoms with Crippen LogP contribution in [0.2, 0.25) is 10.0 Å². The van der Waals surface area contributed by atoms with E-state index in [1.807, 2.05) is 0 Å². The molecule has 0 amide bonds. The minimum atomic E-state index is -1.02. The summed E-state index contributed by atoms with van der Waals surface area (Å²) in [4.78, 5) is 13.9. The van der Waals surface area contributed by atoms with Crippen LogP contribution >= 0.6 is 23.2 Å². The van der Waals surface area contributed by atoms with Crippen molar-refractivity contribution in [2.75, 3.05) is 6.54 Å². The number of rotatable bonds is 3. The minimum Gasteiger partial charge on any atom is -0.477 e. The van der Waals surface area contributed by atoms with Gasteiger partial charge in [0.1, 0.15) is 5.69 Å². The third-order valence-electron chi connectivity index (χ3n) is 2.56. The third kappa shape index (κ3) is 2.11. The lowest BCUT2D eigenvalue weighted by Crippen LogP contribution is -2.07. The summed E-state index contributed by atoms with van der Waals surface area (Å²) in [5, 5.41) is 10.6. The fraction of sp³-hybridized carbons (Fsp3) is 0.182. The van der Waals surface area contributed by atoms with E-state index in [0.29, 0.717) is 34.1 Å². The molecule has 1 aromatic carbocycles. The molecule has 2 rings (SSSR count). The Morgan fingerprint density at radius 3 is 2.59 bits per heavy atom. The molecule has 1 heterocycles. The SMILES string of the molecule is NCCc1c(C(=O)O)[nH]c2cc(Cl)c(Cl)cc12. The van der Waals surface area contributed by atoms with Crippen LogP contribution in [0.4, 0.5) is 0 Å². The molecule has 0 atom stereocenters. The van der Waals surface area contributed by atoms with Gasteiger partial charge in [-0.1, -0.05) is 23.2 Å². The number of aromatic nitrogens is 1. The van der Waals surface area contributed by atoms with Gasteiger partial charge < -0.3 is 15.8 Å². The number of H-pyrrole nitrogens is 1. The van der Waals surface area contributed by atoms with Crippen molar-refractivity contribution in [2.24, 2.45) is 5.73 Å². The van der Waals surface area contributed by atoms with Crippen LogP contribution in [0.3, 0.4) is 0 Å². The predicted molar refractivity (Wildman–Crippen MR) is 68.0 cm³/mol. The largest absolute Gasteiger partial charge is 0.477 e. The summed E-state index contributed by atoms with van der Waals surface area (Å²) < 4.78 is 0. The van der Waals surface area contributed by atoms with Crippen LogP contribution in [-0.2, 0) is 6.42 Å².